The summed E-state index contributed by atoms with van der Waals surface area (Å²) >= 11 is 0. The monoisotopic (exact) mass is 394 g/mol. The fourth-order valence-electron chi connectivity index (χ4n) is 3.42. The molecule has 0 spiro atoms. The summed E-state index contributed by atoms with van der Waals surface area (Å²) < 4.78 is 1.77. The van der Waals surface area contributed by atoms with Crippen molar-refractivity contribution in [2.45, 2.75) is 38.9 Å². The average Bonchev–Trinajstić information content (AvgIpc) is 3.39. The molecule has 0 saturated carbocycles. The number of amides is 2. The van der Waals surface area contributed by atoms with Crippen LogP contribution in [-0.4, -0.2) is 54.4 Å². The Hall–Kier alpha value is -3.56. The number of aromatic nitrogens is 6. The van der Waals surface area contributed by atoms with E-state index in [1.54, 1.807) is 15.8 Å². The molecule has 10 heteroatoms. The molecule has 29 heavy (non-hydrogen) atoms. The van der Waals surface area contributed by atoms with Crippen LogP contribution in [0.3, 0.4) is 0 Å². The predicted molar refractivity (Wildman–Crippen MR) is 105 cm³/mol. The maximum Gasteiger partial charge on any atom is 0.250 e. The first-order valence-electron chi connectivity index (χ1n) is 9.61. The summed E-state index contributed by atoms with van der Waals surface area (Å²) in [7, 11) is 0. The average molecular weight is 394 g/mol. The molecule has 3 heterocycles. The minimum Gasteiger partial charge on any atom is -0.343 e. The number of nitrogens with one attached hydrogen (secondary N) is 1. The highest BCUT2D eigenvalue weighted by Crippen LogP contribution is 2.21. The third-order valence-corrected chi connectivity index (χ3v) is 4.81. The number of piperidine rings is 1. The standard InChI is InChI=1S/C19H22N8O2/c1-2-26-17(10-11-20-26)25-12-6-9-15(19(25)29)21-16(28)13-27-23-18(22-24-27)14-7-4-3-5-8-14/h3-5,7-8,10-11,15H,2,6,9,12-13H2,1H3,(H,21,28). The molecule has 1 aliphatic heterocycles. The Balaban J connectivity index is 1.39. The van der Waals surface area contributed by atoms with E-state index < -0.39 is 6.04 Å². The van der Waals surface area contributed by atoms with Gasteiger partial charge in [-0.25, -0.2) is 4.68 Å². The Morgan fingerprint density at radius 2 is 2.07 bits per heavy atom. The lowest BCUT2D eigenvalue weighted by atomic mass is 10.0. The Kier molecular flexibility index (Phi) is 5.32. The minimum atomic E-state index is -0.575. The van der Waals surface area contributed by atoms with Gasteiger partial charge in [0.15, 0.2) is 0 Å². The van der Waals surface area contributed by atoms with Crippen molar-refractivity contribution in [2.24, 2.45) is 0 Å². The predicted octanol–water partition coefficient (Wildman–Crippen LogP) is 0.868. The topological polar surface area (TPSA) is 111 Å². The summed E-state index contributed by atoms with van der Waals surface area (Å²) in [6.07, 6.45) is 3.07. The van der Waals surface area contributed by atoms with E-state index in [2.05, 4.69) is 25.8 Å². The number of hydrogen-bond donors (Lipinski definition) is 1. The van der Waals surface area contributed by atoms with E-state index in [-0.39, 0.29) is 18.4 Å². The molecule has 1 aliphatic rings. The second-order valence-corrected chi connectivity index (χ2v) is 6.77. The van der Waals surface area contributed by atoms with E-state index in [9.17, 15) is 9.59 Å². The molecule has 0 aliphatic carbocycles. The SMILES string of the molecule is CCn1nccc1N1CCCC(NC(=O)Cn2nnc(-c3ccccc3)n2)C1=O. The number of hydrogen-bond acceptors (Lipinski definition) is 6. The summed E-state index contributed by atoms with van der Waals surface area (Å²) in [5.74, 6) is 0.746. The highest BCUT2D eigenvalue weighted by molar-refractivity contribution is 5.99. The number of carbonyl (C=O) groups is 2. The van der Waals surface area contributed by atoms with Crippen molar-refractivity contribution in [1.82, 2.24) is 35.3 Å². The highest BCUT2D eigenvalue weighted by atomic mass is 16.2. The van der Waals surface area contributed by atoms with Crippen molar-refractivity contribution >= 4 is 17.6 Å². The van der Waals surface area contributed by atoms with Crippen LogP contribution in [0.15, 0.2) is 42.6 Å². The maximum absolute atomic E-state index is 12.9. The molecule has 1 fully saturated rings. The Labute approximate surface area is 167 Å². The van der Waals surface area contributed by atoms with E-state index in [1.165, 1.54) is 4.80 Å². The van der Waals surface area contributed by atoms with Gasteiger partial charge in [0.05, 0.1) is 6.20 Å². The molecule has 1 unspecified atom stereocenters. The molecular formula is C19H22N8O2. The van der Waals surface area contributed by atoms with Gasteiger partial charge in [-0.3, -0.25) is 14.5 Å². The minimum absolute atomic E-state index is 0.101. The van der Waals surface area contributed by atoms with Gasteiger partial charge in [-0.05, 0) is 25.0 Å². The highest BCUT2D eigenvalue weighted by Gasteiger charge is 2.32. The summed E-state index contributed by atoms with van der Waals surface area (Å²) in [6, 6.07) is 10.7. The summed E-state index contributed by atoms with van der Waals surface area (Å²) in [5.41, 5.74) is 0.824. The van der Waals surface area contributed by atoms with Gasteiger partial charge in [-0.15, -0.1) is 10.2 Å². The van der Waals surface area contributed by atoms with Crippen LogP contribution in [0.25, 0.3) is 11.4 Å². The van der Waals surface area contributed by atoms with Crippen LogP contribution in [0.1, 0.15) is 19.8 Å². The molecule has 10 nitrogen and oxygen atoms in total. The van der Waals surface area contributed by atoms with E-state index in [0.29, 0.717) is 25.3 Å². The lowest BCUT2D eigenvalue weighted by Crippen LogP contribution is -2.53. The van der Waals surface area contributed by atoms with E-state index in [0.717, 1.165) is 17.8 Å². The quantitative estimate of drug-likeness (QED) is 0.664. The number of benzene rings is 1. The van der Waals surface area contributed by atoms with Gasteiger partial charge in [0.25, 0.3) is 5.91 Å². The van der Waals surface area contributed by atoms with Crippen molar-refractivity contribution in [3.63, 3.8) is 0 Å². The van der Waals surface area contributed by atoms with Crippen molar-refractivity contribution in [3.05, 3.63) is 42.6 Å². The zero-order valence-corrected chi connectivity index (χ0v) is 16.1. The van der Waals surface area contributed by atoms with Crippen molar-refractivity contribution in [1.29, 1.82) is 0 Å². The number of tetrazole rings is 1. The van der Waals surface area contributed by atoms with E-state index in [1.807, 2.05) is 43.3 Å². The number of aryl methyl sites for hydroxylation is 1. The van der Waals surface area contributed by atoms with Gasteiger partial charge in [-0.2, -0.15) is 9.90 Å². The summed E-state index contributed by atoms with van der Waals surface area (Å²) in [4.78, 5) is 28.3. The number of anilines is 1. The summed E-state index contributed by atoms with van der Waals surface area (Å²) in [6.45, 7) is 3.16. The summed E-state index contributed by atoms with van der Waals surface area (Å²) in [5, 5.41) is 19.2. The number of nitrogens with zero attached hydrogens (tertiary/aromatic N) is 7. The zero-order valence-electron chi connectivity index (χ0n) is 16.1. The molecule has 1 aromatic carbocycles. The van der Waals surface area contributed by atoms with Gasteiger partial charge < -0.3 is 5.32 Å². The maximum atomic E-state index is 12.9. The molecule has 3 aromatic rings. The van der Waals surface area contributed by atoms with Gasteiger partial charge in [0, 0.05) is 24.7 Å². The molecule has 1 saturated heterocycles. The molecule has 0 radical (unpaired) electrons. The lowest BCUT2D eigenvalue weighted by Gasteiger charge is -2.32. The molecule has 1 N–H and O–H groups in total. The first-order chi connectivity index (χ1) is 14.2. The molecule has 4 rings (SSSR count). The number of carbonyl (C=O) groups excluding carboxylic acids is 2. The number of rotatable bonds is 6. The van der Waals surface area contributed by atoms with Crippen molar-refractivity contribution in [3.8, 4) is 11.4 Å². The smallest absolute Gasteiger partial charge is 0.250 e. The largest absolute Gasteiger partial charge is 0.343 e. The van der Waals surface area contributed by atoms with Crippen LogP contribution in [0.4, 0.5) is 5.82 Å². The molecular weight excluding hydrogens is 372 g/mol. The molecule has 2 amide bonds. The zero-order chi connectivity index (χ0) is 20.2. The second-order valence-electron chi connectivity index (χ2n) is 6.77. The van der Waals surface area contributed by atoms with Crippen LogP contribution < -0.4 is 10.2 Å². The fourth-order valence-corrected chi connectivity index (χ4v) is 3.42. The van der Waals surface area contributed by atoms with E-state index >= 15 is 0 Å². The third kappa shape index (κ3) is 4.00. The van der Waals surface area contributed by atoms with Crippen LogP contribution in [-0.2, 0) is 22.7 Å². The third-order valence-electron chi connectivity index (χ3n) is 4.81. The lowest BCUT2D eigenvalue weighted by molar-refractivity contribution is -0.129. The molecule has 1 atom stereocenters. The van der Waals surface area contributed by atoms with Crippen LogP contribution in [0.5, 0.6) is 0 Å². The molecule has 0 bridgehead atoms. The Morgan fingerprint density at radius 1 is 1.24 bits per heavy atom. The Morgan fingerprint density at radius 3 is 2.86 bits per heavy atom. The van der Waals surface area contributed by atoms with Crippen molar-refractivity contribution < 1.29 is 9.59 Å². The first kappa shape index (κ1) is 18.8. The molecule has 150 valence electrons. The van der Waals surface area contributed by atoms with Gasteiger partial charge >= 0.3 is 0 Å². The van der Waals surface area contributed by atoms with Gasteiger partial charge in [0.1, 0.15) is 18.4 Å². The van der Waals surface area contributed by atoms with Gasteiger partial charge in [0.2, 0.25) is 11.7 Å². The fraction of sp³-hybridized carbons (Fsp3) is 0.368. The van der Waals surface area contributed by atoms with E-state index in [4.69, 9.17) is 0 Å². The van der Waals surface area contributed by atoms with Crippen molar-refractivity contribution in [2.75, 3.05) is 11.4 Å². The van der Waals surface area contributed by atoms with Gasteiger partial charge in [-0.1, -0.05) is 30.3 Å². The normalized spacial score (nSPS) is 16.8. The molecule has 2 aromatic heterocycles. The van der Waals surface area contributed by atoms with Crippen LogP contribution >= 0.6 is 0 Å². The Bertz CT molecular complexity index is 997. The van der Waals surface area contributed by atoms with Crippen LogP contribution in [0, 0.1) is 0 Å². The van der Waals surface area contributed by atoms with Crippen LogP contribution in [0.2, 0.25) is 0 Å². The first-order valence-corrected chi connectivity index (χ1v) is 9.61. The second kappa shape index (κ2) is 8.21.